The topological polar surface area (TPSA) is 29.9 Å². The third-order valence-corrected chi connectivity index (χ3v) is 4.20. The molecule has 2 aliphatic rings. The van der Waals surface area contributed by atoms with Crippen LogP contribution >= 0.6 is 0 Å². The van der Waals surface area contributed by atoms with Gasteiger partial charge in [-0.3, -0.25) is 0 Å². The fourth-order valence-electron chi connectivity index (χ4n) is 3.32. The van der Waals surface area contributed by atoms with E-state index in [4.69, 9.17) is 0 Å². The molecule has 0 amide bonds. The number of hydrogen-bond donors (Lipinski definition) is 1. The quantitative estimate of drug-likeness (QED) is 0.828. The molecule has 0 saturated carbocycles. The Balaban J connectivity index is 1.84. The van der Waals surface area contributed by atoms with Crippen molar-refractivity contribution >= 4 is 0 Å². The summed E-state index contributed by atoms with van der Waals surface area (Å²) in [7, 11) is 0. The molecule has 2 aliphatic heterocycles. The first kappa shape index (κ1) is 10.3. The highest BCUT2D eigenvalue weighted by Gasteiger charge is 2.34. The summed E-state index contributed by atoms with van der Waals surface area (Å²) in [5, 5.41) is 8.27. The second kappa shape index (κ2) is 3.69. The smallest absolute Gasteiger partial charge is 0.0651 e. The number of nitrogens with zero attached hydrogens (tertiary/aromatic N) is 2. The minimum absolute atomic E-state index is 0.539. The fourth-order valence-corrected chi connectivity index (χ4v) is 3.32. The third kappa shape index (κ3) is 1.44. The molecule has 1 saturated heterocycles. The monoisotopic (exact) mass is 239 g/mol. The lowest BCUT2D eigenvalue weighted by atomic mass is 10.0. The lowest BCUT2D eigenvalue weighted by Gasteiger charge is -2.22. The van der Waals surface area contributed by atoms with Crippen LogP contribution in [0.2, 0.25) is 0 Å². The number of nitrogens with one attached hydrogen (secondary N) is 1. The third-order valence-electron chi connectivity index (χ3n) is 4.20. The number of rotatable bonds is 1. The molecule has 0 aliphatic carbocycles. The van der Waals surface area contributed by atoms with Crippen LogP contribution in [0.5, 0.6) is 0 Å². The van der Waals surface area contributed by atoms with Crippen molar-refractivity contribution in [2.75, 3.05) is 0 Å². The summed E-state index contributed by atoms with van der Waals surface area (Å²) >= 11 is 0. The molecule has 3 heteroatoms. The van der Waals surface area contributed by atoms with Gasteiger partial charge in [0, 0.05) is 24.1 Å². The summed E-state index contributed by atoms with van der Waals surface area (Å²) in [5.74, 6) is 0. The zero-order chi connectivity index (χ0) is 12.1. The van der Waals surface area contributed by atoms with Crippen LogP contribution in [-0.2, 0) is 6.42 Å². The van der Waals surface area contributed by atoms with Crippen molar-refractivity contribution < 1.29 is 0 Å². The first-order valence-corrected chi connectivity index (χ1v) is 6.71. The Hall–Kier alpha value is -1.61. The van der Waals surface area contributed by atoms with Crippen LogP contribution in [0.3, 0.4) is 0 Å². The van der Waals surface area contributed by atoms with Crippen LogP contribution in [0.15, 0.2) is 30.5 Å². The molecule has 4 rings (SSSR count). The van der Waals surface area contributed by atoms with E-state index >= 15 is 0 Å². The highest BCUT2D eigenvalue weighted by molar-refractivity contribution is 5.40. The Bertz CT molecular complexity index is 600. The SMILES string of the molecule is Cc1cccc(-n2ncc3c2CC2CCC3N2)c1. The van der Waals surface area contributed by atoms with Crippen LogP contribution in [0.1, 0.15) is 35.7 Å². The molecule has 2 aromatic rings. The van der Waals surface area contributed by atoms with Crippen molar-refractivity contribution in [1.29, 1.82) is 0 Å². The molecule has 1 aromatic carbocycles. The molecular formula is C15H17N3. The van der Waals surface area contributed by atoms with E-state index in [0.717, 1.165) is 6.42 Å². The summed E-state index contributed by atoms with van der Waals surface area (Å²) in [5.41, 5.74) is 5.29. The molecule has 3 heterocycles. The van der Waals surface area contributed by atoms with Gasteiger partial charge in [-0.2, -0.15) is 5.10 Å². The van der Waals surface area contributed by atoms with Crippen molar-refractivity contribution in [2.24, 2.45) is 0 Å². The molecular weight excluding hydrogens is 222 g/mol. The molecule has 2 unspecified atom stereocenters. The van der Waals surface area contributed by atoms with Gasteiger partial charge in [-0.15, -0.1) is 0 Å². The normalized spacial score (nSPS) is 25.2. The largest absolute Gasteiger partial charge is 0.307 e. The zero-order valence-corrected chi connectivity index (χ0v) is 10.6. The summed E-state index contributed by atoms with van der Waals surface area (Å²) in [4.78, 5) is 0. The average Bonchev–Trinajstić information content (AvgIpc) is 2.95. The Kier molecular flexibility index (Phi) is 2.12. The van der Waals surface area contributed by atoms with Crippen molar-refractivity contribution in [1.82, 2.24) is 15.1 Å². The van der Waals surface area contributed by atoms with Gasteiger partial charge in [0.15, 0.2) is 0 Å². The first-order chi connectivity index (χ1) is 8.81. The maximum Gasteiger partial charge on any atom is 0.0651 e. The number of hydrogen-bond acceptors (Lipinski definition) is 2. The van der Waals surface area contributed by atoms with Gasteiger partial charge in [0.25, 0.3) is 0 Å². The van der Waals surface area contributed by atoms with Gasteiger partial charge in [0.1, 0.15) is 0 Å². The van der Waals surface area contributed by atoms with Gasteiger partial charge in [0.2, 0.25) is 0 Å². The van der Waals surface area contributed by atoms with Gasteiger partial charge < -0.3 is 5.32 Å². The zero-order valence-electron chi connectivity index (χ0n) is 10.6. The molecule has 2 atom stereocenters. The van der Waals surface area contributed by atoms with Crippen LogP contribution < -0.4 is 5.32 Å². The van der Waals surface area contributed by atoms with E-state index in [1.807, 2.05) is 0 Å². The van der Waals surface area contributed by atoms with Crippen molar-refractivity contribution in [3.05, 3.63) is 47.3 Å². The highest BCUT2D eigenvalue weighted by Crippen LogP contribution is 2.36. The molecule has 0 radical (unpaired) electrons. The predicted octanol–water partition coefficient (Wildman–Crippen LogP) is 2.53. The van der Waals surface area contributed by atoms with E-state index in [1.54, 1.807) is 0 Å². The molecule has 18 heavy (non-hydrogen) atoms. The van der Waals surface area contributed by atoms with E-state index in [-0.39, 0.29) is 0 Å². The Labute approximate surface area is 107 Å². The van der Waals surface area contributed by atoms with Crippen LogP contribution in [0.4, 0.5) is 0 Å². The molecule has 0 spiro atoms. The van der Waals surface area contributed by atoms with E-state index in [9.17, 15) is 0 Å². The van der Waals surface area contributed by atoms with Gasteiger partial charge >= 0.3 is 0 Å². The van der Waals surface area contributed by atoms with Gasteiger partial charge in [-0.25, -0.2) is 4.68 Å². The fraction of sp³-hybridized carbons (Fsp3) is 0.400. The molecule has 92 valence electrons. The second-order valence-corrected chi connectivity index (χ2v) is 5.50. The van der Waals surface area contributed by atoms with Gasteiger partial charge in [0.05, 0.1) is 17.6 Å². The van der Waals surface area contributed by atoms with Crippen molar-refractivity contribution in [2.45, 2.75) is 38.3 Å². The Morgan fingerprint density at radius 3 is 3.17 bits per heavy atom. The minimum atomic E-state index is 0.539. The Morgan fingerprint density at radius 2 is 2.28 bits per heavy atom. The van der Waals surface area contributed by atoms with E-state index in [2.05, 4.69) is 52.5 Å². The molecule has 1 fully saturated rings. The number of aromatic nitrogens is 2. The predicted molar refractivity (Wildman–Crippen MR) is 70.9 cm³/mol. The van der Waals surface area contributed by atoms with Crippen LogP contribution in [-0.4, -0.2) is 15.8 Å². The summed E-state index contributed by atoms with van der Waals surface area (Å²) in [6.07, 6.45) is 5.72. The van der Waals surface area contributed by atoms with Crippen molar-refractivity contribution in [3.8, 4) is 5.69 Å². The first-order valence-electron chi connectivity index (χ1n) is 6.71. The Morgan fingerprint density at radius 1 is 1.33 bits per heavy atom. The van der Waals surface area contributed by atoms with Gasteiger partial charge in [-0.05, 0) is 37.5 Å². The van der Waals surface area contributed by atoms with Crippen molar-refractivity contribution in [3.63, 3.8) is 0 Å². The summed E-state index contributed by atoms with van der Waals surface area (Å²) < 4.78 is 2.13. The second-order valence-electron chi connectivity index (χ2n) is 5.50. The maximum atomic E-state index is 4.60. The molecule has 1 aromatic heterocycles. The summed E-state index contributed by atoms with van der Waals surface area (Å²) in [6, 6.07) is 9.78. The lowest BCUT2D eigenvalue weighted by Crippen LogP contribution is -2.32. The lowest BCUT2D eigenvalue weighted by molar-refractivity contribution is 0.504. The van der Waals surface area contributed by atoms with Crippen LogP contribution in [0.25, 0.3) is 5.69 Å². The molecule has 3 nitrogen and oxygen atoms in total. The average molecular weight is 239 g/mol. The number of fused-ring (bicyclic) bond motifs is 4. The minimum Gasteiger partial charge on any atom is -0.307 e. The van der Waals surface area contributed by atoms with E-state index in [1.165, 1.54) is 35.3 Å². The maximum absolute atomic E-state index is 4.60. The van der Waals surface area contributed by atoms with E-state index in [0.29, 0.717) is 12.1 Å². The summed E-state index contributed by atoms with van der Waals surface area (Å²) in [6.45, 7) is 2.13. The van der Waals surface area contributed by atoms with Crippen LogP contribution in [0, 0.1) is 6.92 Å². The highest BCUT2D eigenvalue weighted by atomic mass is 15.3. The molecule has 2 bridgehead atoms. The number of benzene rings is 1. The standard InChI is InChI=1S/C15H17N3/c1-10-3-2-4-12(7-10)18-15-8-11-5-6-14(17-11)13(15)9-16-18/h2-4,7,9,11,14,17H,5-6,8H2,1H3. The molecule has 1 N–H and O–H groups in total. The van der Waals surface area contributed by atoms with E-state index < -0.39 is 0 Å². The number of aryl methyl sites for hydroxylation is 1. The van der Waals surface area contributed by atoms with Gasteiger partial charge in [-0.1, -0.05) is 12.1 Å².